The van der Waals surface area contributed by atoms with Crippen molar-refractivity contribution < 1.29 is 9.50 Å². The summed E-state index contributed by atoms with van der Waals surface area (Å²) in [5.41, 5.74) is 6.51. The number of aromatic hydroxyl groups is 1. The molecule has 0 aliphatic heterocycles. The van der Waals surface area contributed by atoms with Gasteiger partial charge in [0.25, 0.3) is 0 Å². The van der Waals surface area contributed by atoms with Crippen molar-refractivity contribution in [3.63, 3.8) is 0 Å². The van der Waals surface area contributed by atoms with E-state index in [-0.39, 0.29) is 29.1 Å². The maximum absolute atomic E-state index is 13.6. The van der Waals surface area contributed by atoms with Crippen LogP contribution in [0.2, 0.25) is 0 Å². The van der Waals surface area contributed by atoms with Crippen LogP contribution in [0.4, 0.5) is 4.39 Å². The zero-order valence-corrected chi connectivity index (χ0v) is 10.9. The molecule has 0 aliphatic carbocycles. The van der Waals surface area contributed by atoms with E-state index in [1.807, 2.05) is 20.8 Å². The molecule has 0 heterocycles. The molecule has 4 heteroatoms. The Balaban J connectivity index is 0.00000225. The third kappa shape index (κ3) is 2.86. The van der Waals surface area contributed by atoms with Crippen LogP contribution >= 0.6 is 12.4 Å². The largest absolute Gasteiger partial charge is 0.507 e. The Morgan fingerprint density at radius 1 is 1.31 bits per heavy atom. The fourth-order valence-corrected chi connectivity index (χ4v) is 1.42. The number of nitrogens with two attached hydrogens (primary N) is 1. The summed E-state index contributed by atoms with van der Waals surface area (Å²) in [5.74, 6) is -0.474. The minimum Gasteiger partial charge on any atom is -0.507 e. The summed E-state index contributed by atoms with van der Waals surface area (Å²) >= 11 is 0. The van der Waals surface area contributed by atoms with Crippen LogP contribution in [-0.2, 0) is 0 Å². The summed E-state index contributed by atoms with van der Waals surface area (Å²) in [6.07, 6.45) is 0. The molecule has 0 bridgehead atoms. The molecule has 16 heavy (non-hydrogen) atoms. The number of hydrogen-bond donors (Lipinski definition) is 2. The molecule has 0 amide bonds. The lowest BCUT2D eigenvalue weighted by molar-refractivity contribution is 0.308. The molecular weight excluding hydrogens is 229 g/mol. The molecular formula is C12H19ClFNO. The van der Waals surface area contributed by atoms with Crippen LogP contribution in [-0.4, -0.2) is 5.11 Å². The van der Waals surface area contributed by atoms with E-state index in [9.17, 15) is 9.50 Å². The first-order valence-electron chi connectivity index (χ1n) is 4.98. The first-order valence-corrected chi connectivity index (χ1v) is 4.98. The predicted molar refractivity (Wildman–Crippen MR) is 66.4 cm³/mol. The molecule has 3 N–H and O–H groups in total. The highest BCUT2D eigenvalue weighted by molar-refractivity contribution is 5.85. The van der Waals surface area contributed by atoms with Crippen LogP contribution in [0.3, 0.4) is 0 Å². The highest BCUT2D eigenvalue weighted by Crippen LogP contribution is 2.37. The van der Waals surface area contributed by atoms with Crippen LogP contribution in [0.1, 0.15) is 37.9 Å². The van der Waals surface area contributed by atoms with Crippen molar-refractivity contribution in [2.45, 2.75) is 33.7 Å². The van der Waals surface area contributed by atoms with Gasteiger partial charge in [-0.15, -0.1) is 12.4 Å². The van der Waals surface area contributed by atoms with Gasteiger partial charge in [0.1, 0.15) is 11.6 Å². The first-order chi connectivity index (χ1) is 6.75. The molecule has 2 nitrogen and oxygen atoms in total. The Bertz CT molecular complexity index is 374. The molecule has 1 aromatic rings. The summed E-state index contributed by atoms with van der Waals surface area (Å²) in [5, 5.41) is 9.79. The van der Waals surface area contributed by atoms with Crippen LogP contribution in [0.25, 0.3) is 0 Å². The highest BCUT2D eigenvalue weighted by atomic mass is 35.5. The van der Waals surface area contributed by atoms with Gasteiger partial charge in [0.05, 0.1) is 0 Å². The number of phenolic OH excluding ortho intramolecular Hbond substituents is 1. The number of aryl methyl sites for hydroxylation is 1. The van der Waals surface area contributed by atoms with Crippen LogP contribution in [0, 0.1) is 18.2 Å². The standard InChI is InChI=1S/C12H18FNO.ClH/c1-7-5-6-8(13)9(10(7)15)11(14)12(2,3)4;/h5-6,11,15H,14H2,1-4H3;1H/t11-;/m0./s1. The topological polar surface area (TPSA) is 46.2 Å². The molecule has 1 aromatic carbocycles. The van der Waals surface area contributed by atoms with Gasteiger partial charge in [0.2, 0.25) is 0 Å². The van der Waals surface area contributed by atoms with E-state index in [0.717, 1.165) is 0 Å². The molecule has 0 aliphatic rings. The van der Waals surface area contributed by atoms with Crippen molar-refractivity contribution in [2.75, 3.05) is 0 Å². The highest BCUT2D eigenvalue weighted by Gasteiger charge is 2.28. The maximum atomic E-state index is 13.6. The van der Waals surface area contributed by atoms with E-state index in [4.69, 9.17) is 5.73 Å². The van der Waals surface area contributed by atoms with E-state index < -0.39 is 11.9 Å². The van der Waals surface area contributed by atoms with Crippen LogP contribution < -0.4 is 5.73 Å². The Labute approximate surface area is 102 Å². The van der Waals surface area contributed by atoms with E-state index in [1.165, 1.54) is 6.07 Å². The third-order valence-corrected chi connectivity index (χ3v) is 2.61. The Morgan fingerprint density at radius 2 is 1.81 bits per heavy atom. The van der Waals surface area contributed by atoms with E-state index >= 15 is 0 Å². The van der Waals surface area contributed by atoms with Crippen molar-refractivity contribution in [1.82, 2.24) is 0 Å². The second-order valence-corrected chi connectivity index (χ2v) is 4.97. The van der Waals surface area contributed by atoms with Crippen molar-refractivity contribution in [3.8, 4) is 5.75 Å². The number of phenols is 1. The molecule has 1 atom stereocenters. The molecule has 0 unspecified atom stereocenters. The monoisotopic (exact) mass is 247 g/mol. The summed E-state index contributed by atoms with van der Waals surface area (Å²) < 4.78 is 13.6. The van der Waals surface area contributed by atoms with Crippen molar-refractivity contribution >= 4 is 12.4 Å². The van der Waals surface area contributed by atoms with Crippen molar-refractivity contribution in [1.29, 1.82) is 0 Å². The average Bonchev–Trinajstić information content (AvgIpc) is 2.10. The SMILES string of the molecule is Cc1ccc(F)c([C@H](N)C(C)(C)C)c1O.Cl. The number of rotatable bonds is 1. The second-order valence-electron chi connectivity index (χ2n) is 4.97. The molecule has 0 saturated heterocycles. The number of halogens is 2. The normalized spacial score (nSPS) is 13.1. The first kappa shape index (κ1) is 15.2. The minimum absolute atomic E-state index is 0. The zero-order chi connectivity index (χ0) is 11.8. The quantitative estimate of drug-likeness (QED) is 0.800. The smallest absolute Gasteiger partial charge is 0.131 e. The van der Waals surface area contributed by atoms with Gasteiger partial charge in [0.15, 0.2) is 0 Å². The van der Waals surface area contributed by atoms with Crippen LogP contribution in [0.15, 0.2) is 12.1 Å². The fraction of sp³-hybridized carbons (Fsp3) is 0.500. The average molecular weight is 248 g/mol. The van der Waals surface area contributed by atoms with Gasteiger partial charge >= 0.3 is 0 Å². The molecule has 92 valence electrons. The third-order valence-electron chi connectivity index (χ3n) is 2.61. The lowest BCUT2D eigenvalue weighted by Crippen LogP contribution is -2.27. The Hall–Kier alpha value is -0.800. The second kappa shape index (κ2) is 5.02. The van der Waals surface area contributed by atoms with Gasteiger partial charge in [-0.05, 0) is 24.0 Å². The van der Waals surface area contributed by atoms with Crippen molar-refractivity contribution in [2.24, 2.45) is 11.1 Å². The Kier molecular flexibility index (Phi) is 4.77. The molecule has 0 fully saturated rings. The lowest BCUT2D eigenvalue weighted by Gasteiger charge is -2.28. The number of hydrogen-bond acceptors (Lipinski definition) is 2. The fourth-order valence-electron chi connectivity index (χ4n) is 1.42. The van der Waals surface area contributed by atoms with Gasteiger partial charge in [-0.25, -0.2) is 4.39 Å². The van der Waals surface area contributed by atoms with Gasteiger partial charge in [-0.2, -0.15) is 0 Å². The molecule has 0 spiro atoms. The van der Waals surface area contributed by atoms with Gasteiger partial charge < -0.3 is 10.8 Å². The van der Waals surface area contributed by atoms with Gasteiger partial charge in [0, 0.05) is 11.6 Å². The summed E-state index contributed by atoms with van der Waals surface area (Å²) in [6.45, 7) is 7.48. The summed E-state index contributed by atoms with van der Waals surface area (Å²) in [6, 6.07) is 2.37. The van der Waals surface area contributed by atoms with Gasteiger partial charge in [-0.1, -0.05) is 26.8 Å². The minimum atomic E-state index is -0.516. The van der Waals surface area contributed by atoms with E-state index in [0.29, 0.717) is 5.56 Å². The molecule has 0 radical (unpaired) electrons. The molecule has 1 rings (SSSR count). The molecule has 0 saturated carbocycles. The molecule has 0 aromatic heterocycles. The van der Waals surface area contributed by atoms with Crippen molar-refractivity contribution in [3.05, 3.63) is 29.1 Å². The van der Waals surface area contributed by atoms with Crippen LogP contribution in [0.5, 0.6) is 5.75 Å². The van der Waals surface area contributed by atoms with E-state index in [2.05, 4.69) is 0 Å². The summed E-state index contributed by atoms with van der Waals surface area (Å²) in [4.78, 5) is 0. The summed E-state index contributed by atoms with van der Waals surface area (Å²) in [7, 11) is 0. The predicted octanol–water partition coefficient (Wildman–Crippen LogP) is 3.31. The van der Waals surface area contributed by atoms with Gasteiger partial charge in [-0.3, -0.25) is 0 Å². The lowest BCUT2D eigenvalue weighted by atomic mass is 9.82. The maximum Gasteiger partial charge on any atom is 0.131 e. The Morgan fingerprint density at radius 3 is 2.25 bits per heavy atom. The zero-order valence-electron chi connectivity index (χ0n) is 10.0. The van der Waals surface area contributed by atoms with E-state index in [1.54, 1.807) is 13.0 Å². The number of benzene rings is 1.